The van der Waals surface area contributed by atoms with Crippen molar-refractivity contribution in [1.82, 2.24) is 10.2 Å². The third kappa shape index (κ3) is 7.77. The molecular weight excluding hydrogens is 352 g/mol. The number of amides is 1. The van der Waals surface area contributed by atoms with Crippen molar-refractivity contribution >= 4 is 17.7 Å². The summed E-state index contributed by atoms with van der Waals surface area (Å²) in [6.45, 7) is 8.63. The number of piperidine rings is 1. The number of benzene rings is 1. The topological polar surface area (TPSA) is 50.8 Å². The molecule has 1 aromatic carbocycles. The second kappa shape index (κ2) is 11.9. The molecule has 1 N–H and O–H groups in total. The van der Waals surface area contributed by atoms with Crippen LogP contribution < -0.4 is 10.1 Å². The van der Waals surface area contributed by atoms with E-state index in [4.69, 9.17) is 21.1 Å². The Morgan fingerprint density at radius 1 is 1.27 bits per heavy atom. The van der Waals surface area contributed by atoms with Gasteiger partial charge in [-0.05, 0) is 69.0 Å². The molecule has 6 heteroatoms. The number of likely N-dealkylation sites (tertiary alicyclic amines) is 1. The van der Waals surface area contributed by atoms with Crippen LogP contribution >= 0.6 is 11.6 Å². The maximum Gasteiger partial charge on any atom is 0.415 e. The van der Waals surface area contributed by atoms with Crippen LogP contribution in [0.4, 0.5) is 4.79 Å². The zero-order valence-electron chi connectivity index (χ0n) is 15.3. The number of hydrogen-bond acceptors (Lipinski definition) is 4. The molecule has 0 aromatic heterocycles. The molecule has 1 saturated heterocycles. The van der Waals surface area contributed by atoms with Crippen LogP contribution in [-0.2, 0) is 4.74 Å². The summed E-state index contributed by atoms with van der Waals surface area (Å²) in [7, 11) is 0. The Morgan fingerprint density at radius 3 is 2.69 bits per heavy atom. The highest BCUT2D eigenvalue weighted by atomic mass is 35.5. The van der Waals surface area contributed by atoms with E-state index in [1.165, 1.54) is 0 Å². The molecule has 1 amide bonds. The van der Waals surface area contributed by atoms with Crippen LogP contribution in [0, 0.1) is 5.92 Å². The van der Waals surface area contributed by atoms with Crippen LogP contribution in [-0.4, -0.2) is 50.4 Å². The Hall–Kier alpha value is -1.56. The lowest BCUT2D eigenvalue weighted by Gasteiger charge is -2.31. The summed E-state index contributed by atoms with van der Waals surface area (Å²) in [5, 5.41) is 3.97. The van der Waals surface area contributed by atoms with E-state index in [1.807, 2.05) is 6.08 Å². The predicted molar refractivity (Wildman–Crippen MR) is 105 cm³/mol. The van der Waals surface area contributed by atoms with Crippen molar-refractivity contribution in [3.05, 3.63) is 41.9 Å². The quantitative estimate of drug-likeness (QED) is 0.490. The average molecular weight is 381 g/mol. The average Bonchev–Trinajstić information content (AvgIpc) is 2.66. The fourth-order valence-corrected chi connectivity index (χ4v) is 2.95. The molecule has 0 radical (unpaired) electrons. The molecule has 1 heterocycles. The smallest absolute Gasteiger partial charge is 0.410 e. The Morgan fingerprint density at radius 2 is 2.00 bits per heavy atom. The highest BCUT2D eigenvalue weighted by Crippen LogP contribution is 2.20. The number of carbonyl (C=O) groups excluding carboxylic acids is 1. The van der Waals surface area contributed by atoms with Crippen LogP contribution in [0.3, 0.4) is 0 Å². The van der Waals surface area contributed by atoms with Gasteiger partial charge in [-0.3, -0.25) is 0 Å². The summed E-state index contributed by atoms with van der Waals surface area (Å²) in [6.07, 6.45) is 5.54. The molecule has 0 bridgehead atoms. The van der Waals surface area contributed by atoms with E-state index in [1.54, 1.807) is 29.2 Å². The summed E-state index contributed by atoms with van der Waals surface area (Å²) < 4.78 is 11.2. The molecule has 1 fully saturated rings. The zero-order valence-corrected chi connectivity index (χ0v) is 16.0. The number of nitrogens with one attached hydrogen (secondary N) is 1. The van der Waals surface area contributed by atoms with Gasteiger partial charge in [-0.2, -0.15) is 0 Å². The van der Waals surface area contributed by atoms with Crippen LogP contribution in [0.1, 0.15) is 25.7 Å². The number of halogens is 1. The van der Waals surface area contributed by atoms with Gasteiger partial charge in [-0.15, -0.1) is 6.58 Å². The third-order valence-corrected chi connectivity index (χ3v) is 4.66. The number of nitrogens with zero attached hydrogens (tertiary/aromatic N) is 1. The molecule has 0 spiro atoms. The molecule has 1 aliphatic heterocycles. The standard InChI is InChI=1S/C20H29ClN2O3/c1-2-3-11-22-12-4-15-25-16-17-9-13-23(14-10-17)20(24)26-19-7-5-18(21)6-8-19/h2,5-8,17,22H,1,3-4,9-16H2. The lowest BCUT2D eigenvalue weighted by Crippen LogP contribution is -2.41. The number of ether oxygens (including phenoxy) is 2. The van der Waals surface area contributed by atoms with Crippen LogP contribution in [0.25, 0.3) is 0 Å². The largest absolute Gasteiger partial charge is 0.415 e. The van der Waals surface area contributed by atoms with Crippen LogP contribution in [0.15, 0.2) is 36.9 Å². The summed E-state index contributed by atoms with van der Waals surface area (Å²) >= 11 is 5.83. The summed E-state index contributed by atoms with van der Waals surface area (Å²) in [6, 6.07) is 6.83. The molecule has 26 heavy (non-hydrogen) atoms. The summed E-state index contributed by atoms with van der Waals surface area (Å²) in [5.41, 5.74) is 0. The highest BCUT2D eigenvalue weighted by Gasteiger charge is 2.24. The van der Waals surface area contributed by atoms with E-state index >= 15 is 0 Å². The second-order valence-corrected chi connectivity index (χ2v) is 6.94. The normalized spacial score (nSPS) is 15.0. The molecule has 0 aliphatic carbocycles. The van der Waals surface area contributed by atoms with Gasteiger partial charge in [0.15, 0.2) is 0 Å². The molecule has 2 rings (SSSR count). The Balaban J connectivity index is 1.55. The third-order valence-electron chi connectivity index (χ3n) is 4.41. The molecule has 5 nitrogen and oxygen atoms in total. The van der Waals surface area contributed by atoms with Gasteiger partial charge in [-0.1, -0.05) is 17.7 Å². The van der Waals surface area contributed by atoms with E-state index < -0.39 is 0 Å². The maximum absolute atomic E-state index is 12.2. The first-order chi connectivity index (χ1) is 12.7. The van der Waals surface area contributed by atoms with Crippen molar-refractivity contribution in [3.63, 3.8) is 0 Å². The van der Waals surface area contributed by atoms with E-state index in [0.717, 1.165) is 52.0 Å². The van der Waals surface area contributed by atoms with Crippen molar-refractivity contribution in [3.8, 4) is 5.75 Å². The highest BCUT2D eigenvalue weighted by molar-refractivity contribution is 6.30. The molecule has 0 saturated carbocycles. The first-order valence-electron chi connectivity index (χ1n) is 9.30. The second-order valence-electron chi connectivity index (χ2n) is 6.51. The first-order valence-corrected chi connectivity index (χ1v) is 9.68. The Bertz CT molecular complexity index is 542. The van der Waals surface area contributed by atoms with Crippen molar-refractivity contribution in [1.29, 1.82) is 0 Å². The van der Waals surface area contributed by atoms with Gasteiger partial charge in [0.05, 0.1) is 0 Å². The van der Waals surface area contributed by atoms with Gasteiger partial charge in [0, 0.05) is 31.3 Å². The SMILES string of the molecule is C=CCCNCCCOCC1CCN(C(=O)Oc2ccc(Cl)cc2)CC1. The minimum atomic E-state index is -0.294. The molecule has 1 aromatic rings. The van der Waals surface area contributed by atoms with E-state index in [0.29, 0.717) is 29.8 Å². The first kappa shape index (κ1) is 20.7. The molecule has 144 valence electrons. The molecule has 0 unspecified atom stereocenters. The maximum atomic E-state index is 12.2. The van der Waals surface area contributed by atoms with Crippen molar-refractivity contribution < 1.29 is 14.3 Å². The summed E-state index contributed by atoms with van der Waals surface area (Å²) in [5.74, 6) is 1.04. The Labute approximate surface area is 161 Å². The summed E-state index contributed by atoms with van der Waals surface area (Å²) in [4.78, 5) is 14.0. The van der Waals surface area contributed by atoms with Gasteiger partial charge in [-0.25, -0.2) is 4.79 Å². The molecule has 0 atom stereocenters. The lowest BCUT2D eigenvalue weighted by molar-refractivity contribution is 0.0656. The minimum absolute atomic E-state index is 0.294. The fraction of sp³-hybridized carbons (Fsp3) is 0.550. The molecular formula is C20H29ClN2O3. The number of carbonyl (C=O) groups is 1. The van der Waals surface area contributed by atoms with Crippen LogP contribution in [0.5, 0.6) is 5.75 Å². The van der Waals surface area contributed by atoms with Gasteiger partial charge in [0.2, 0.25) is 0 Å². The monoisotopic (exact) mass is 380 g/mol. The number of hydrogen-bond donors (Lipinski definition) is 1. The minimum Gasteiger partial charge on any atom is -0.410 e. The molecule has 1 aliphatic rings. The van der Waals surface area contributed by atoms with Crippen molar-refractivity contribution in [2.75, 3.05) is 39.4 Å². The van der Waals surface area contributed by atoms with Gasteiger partial charge < -0.3 is 19.7 Å². The zero-order chi connectivity index (χ0) is 18.6. The van der Waals surface area contributed by atoms with E-state index in [9.17, 15) is 4.79 Å². The van der Waals surface area contributed by atoms with E-state index in [-0.39, 0.29) is 6.09 Å². The number of rotatable bonds is 10. The van der Waals surface area contributed by atoms with E-state index in [2.05, 4.69) is 11.9 Å². The fourth-order valence-electron chi connectivity index (χ4n) is 2.83. The van der Waals surface area contributed by atoms with Gasteiger partial charge in [0.25, 0.3) is 0 Å². The van der Waals surface area contributed by atoms with Crippen LogP contribution in [0.2, 0.25) is 5.02 Å². The predicted octanol–water partition coefficient (Wildman–Crippen LogP) is 4.12. The van der Waals surface area contributed by atoms with Gasteiger partial charge >= 0.3 is 6.09 Å². The lowest BCUT2D eigenvalue weighted by atomic mass is 9.98. The van der Waals surface area contributed by atoms with Crippen molar-refractivity contribution in [2.24, 2.45) is 5.92 Å². The van der Waals surface area contributed by atoms with Gasteiger partial charge in [0.1, 0.15) is 5.75 Å². The Kier molecular flexibility index (Phi) is 9.53. The van der Waals surface area contributed by atoms with Crippen molar-refractivity contribution in [2.45, 2.75) is 25.7 Å².